The Kier molecular flexibility index (Phi) is 6.54. The van der Waals surface area contributed by atoms with E-state index in [0.717, 1.165) is 39.5 Å². The SMILES string of the molecule is Cc1cc(C)cc(-c2cccc(N=Nc3c(O)n(-c4cccc(C(=O)O)c4)c4cc(C(F)(F)F)ccc34)c2O)c1. The van der Waals surface area contributed by atoms with E-state index in [1.54, 1.807) is 12.1 Å². The van der Waals surface area contributed by atoms with E-state index in [-0.39, 0.29) is 39.3 Å². The van der Waals surface area contributed by atoms with Crippen LogP contribution in [0.15, 0.2) is 89.1 Å². The van der Waals surface area contributed by atoms with Crippen LogP contribution in [-0.4, -0.2) is 25.9 Å². The number of aromatic carboxylic acids is 1. The number of fused-ring (bicyclic) bond motifs is 1. The van der Waals surface area contributed by atoms with Crippen LogP contribution < -0.4 is 0 Å². The van der Waals surface area contributed by atoms with Gasteiger partial charge >= 0.3 is 12.1 Å². The van der Waals surface area contributed by atoms with Crippen molar-refractivity contribution in [1.29, 1.82) is 0 Å². The van der Waals surface area contributed by atoms with Gasteiger partial charge in [-0.3, -0.25) is 4.57 Å². The van der Waals surface area contributed by atoms with E-state index in [9.17, 15) is 33.3 Å². The van der Waals surface area contributed by atoms with Gasteiger partial charge in [0.2, 0.25) is 5.88 Å². The normalized spacial score (nSPS) is 11.9. The van der Waals surface area contributed by atoms with Gasteiger partial charge in [0.25, 0.3) is 0 Å². The number of carboxylic acids is 1. The van der Waals surface area contributed by atoms with E-state index in [2.05, 4.69) is 10.2 Å². The number of aromatic nitrogens is 1. The smallest absolute Gasteiger partial charge is 0.416 e. The van der Waals surface area contributed by atoms with Crippen molar-refractivity contribution in [3.8, 4) is 28.4 Å². The number of alkyl halides is 3. The van der Waals surface area contributed by atoms with Crippen molar-refractivity contribution in [3.63, 3.8) is 0 Å². The molecule has 3 N–H and O–H groups in total. The van der Waals surface area contributed by atoms with E-state index >= 15 is 0 Å². The number of para-hydroxylation sites is 1. The first-order chi connectivity index (χ1) is 18.9. The number of benzene rings is 4. The van der Waals surface area contributed by atoms with Crippen molar-refractivity contribution in [2.24, 2.45) is 10.2 Å². The zero-order valence-electron chi connectivity index (χ0n) is 21.2. The number of nitrogens with zero attached hydrogens (tertiary/aromatic N) is 3. The molecule has 0 spiro atoms. The first-order valence-corrected chi connectivity index (χ1v) is 12.0. The number of hydrogen-bond donors (Lipinski definition) is 3. The number of aromatic hydroxyl groups is 2. The van der Waals surface area contributed by atoms with Gasteiger partial charge in [-0.15, -0.1) is 10.2 Å². The minimum absolute atomic E-state index is 0.0583. The van der Waals surface area contributed by atoms with Crippen LogP contribution in [0.3, 0.4) is 0 Å². The summed E-state index contributed by atoms with van der Waals surface area (Å²) in [6.45, 7) is 3.87. The number of rotatable bonds is 5. The molecular formula is C30H22F3N3O4. The van der Waals surface area contributed by atoms with E-state index < -0.39 is 23.6 Å². The molecule has 7 nitrogen and oxygen atoms in total. The predicted octanol–water partition coefficient (Wildman–Crippen LogP) is 8.46. The third-order valence-electron chi connectivity index (χ3n) is 6.40. The minimum Gasteiger partial charge on any atom is -0.505 e. The maximum atomic E-state index is 13.5. The fourth-order valence-electron chi connectivity index (χ4n) is 4.65. The van der Waals surface area contributed by atoms with Crippen LogP contribution in [0.5, 0.6) is 11.6 Å². The van der Waals surface area contributed by atoms with Gasteiger partial charge < -0.3 is 15.3 Å². The van der Waals surface area contributed by atoms with Crippen LogP contribution in [0.4, 0.5) is 24.5 Å². The molecule has 5 rings (SSSR count). The van der Waals surface area contributed by atoms with Gasteiger partial charge in [-0.1, -0.05) is 47.5 Å². The summed E-state index contributed by atoms with van der Waals surface area (Å²) in [6.07, 6.45) is -4.66. The third kappa shape index (κ3) is 4.86. The fourth-order valence-corrected chi connectivity index (χ4v) is 4.65. The van der Waals surface area contributed by atoms with Crippen molar-refractivity contribution < 1.29 is 33.3 Å². The molecule has 0 aliphatic heterocycles. The van der Waals surface area contributed by atoms with Gasteiger partial charge in [-0.05, 0) is 61.9 Å². The number of carboxylic acid groups (broad SMARTS) is 1. The summed E-state index contributed by atoms with van der Waals surface area (Å²) in [5.74, 6) is -1.95. The highest BCUT2D eigenvalue weighted by Gasteiger charge is 2.32. The maximum absolute atomic E-state index is 13.5. The summed E-state index contributed by atoms with van der Waals surface area (Å²) in [4.78, 5) is 11.5. The van der Waals surface area contributed by atoms with Crippen LogP contribution in [0.1, 0.15) is 27.0 Å². The minimum atomic E-state index is -4.66. The Morgan fingerprint density at radius 3 is 2.23 bits per heavy atom. The molecule has 0 aliphatic rings. The highest BCUT2D eigenvalue weighted by molar-refractivity contribution is 5.97. The van der Waals surface area contributed by atoms with Gasteiger partial charge in [-0.25, -0.2) is 4.79 Å². The average molecular weight is 546 g/mol. The highest BCUT2D eigenvalue weighted by atomic mass is 19.4. The number of hydrogen-bond acceptors (Lipinski definition) is 5. The van der Waals surface area contributed by atoms with E-state index in [1.165, 1.54) is 30.3 Å². The van der Waals surface area contributed by atoms with Gasteiger partial charge in [0.1, 0.15) is 5.69 Å². The molecule has 5 aromatic rings. The standard InChI is InChI=1S/C30H22F3N3O4/c1-16-11-17(2)13-19(12-16)22-7-4-8-24(27(22)37)34-35-26-23-10-9-20(30(31,32)33)15-25(23)36(28(26)38)21-6-3-5-18(14-21)29(39)40/h3-15,37-38H,1-2H3,(H,39,40). The Labute approximate surface area is 226 Å². The molecule has 0 amide bonds. The second kappa shape index (κ2) is 9.88. The largest absolute Gasteiger partial charge is 0.505 e. The molecule has 1 aromatic heterocycles. The molecule has 0 bridgehead atoms. The maximum Gasteiger partial charge on any atom is 0.416 e. The van der Waals surface area contributed by atoms with E-state index in [1.807, 2.05) is 32.0 Å². The topological polar surface area (TPSA) is 107 Å². The van der Waals surface area contributed by atoms with Crippen LogP contribution in [0.25, 0.3) is 27.7 Å². The molecule has 1 heterocycles. The zero-order valence-corrected chi connectivity index (χ0v) is 21.2. The number of aryl methyl sites for hydroxylation is 2. The molecule has 0 fully saturated rings. The Morgan fingerprint density at radius 1 is 0.850 bits per heavy atom. The first-order valence-electron chi connectivity index (χ1n) is 12.0. The van der Waals surface area contributed by atoms with Crippen molar-refractivity contribution >= 4 is 28.2 Å². The fraction of sp³-hybridized carbons (Fsp3) is 0.100. The van der Waals surface area contributed by atoms with Crippen LogP contribution in [-0.2, 0) is 6.18 Å². The molecule has 0 saturated heterocycles. The Morgan fingerprint density at radius 2 is 1.55 bits per heavy atom. The van der Waals surface area contributed by atoms with E-state index in [0.29, 0.717) is 5.56 Å². The Balaban J connectivity index is 1.68. The molecular weight excluding hydrogens is 523 g/mol. The summed E-state index contributed by atoms with van der Waals surface area (Å²) in [6, 6.07) is 19.0. The molecule has 0 aliphatic carbocycles. The molecule has 4 aromatic carbocycles. The molecule has 10 heteroatoms. The van der Waals surface area contributed by atoms with Gasteiger partial charge in [0.15, 0.2) is 11.4 Å². The Hall–Kier alpha value is -5.12. The lowest BCUT2D eigenvalue weighted by Crippen LogP contribution is -2.05. The molecule has 0 saturated carbocycles. The van der Waals surface area contributed by atoms with Crippen molar-refractivity contribution in [3.05, 3.63) is 101 Å². The summed E-state index contributed by atoms with van der Waals surface area (Å²) >= 11 is 0. The van der Waals surface area contributed by atoms with Crippen LogP contribution in [0.2, 0.25) is 0 Å². The lowest BCUT2D eigenvalue weighted by atomic mass is 9.99. The molecule has 0 radical (unpaired) electrons. The molecule has 40 heavy (non-hydrogen) atoms. The second-order valence-electron chi connectivity index (χ2n) is 9.34. The molecule has 0 unspecified atom stereocenters. The zero-order chi connectivity index (χ0) is 28.8. The number of phenols is 1. The lowest BCUT2D eigenvalue weighted by molar-refractivity contribution is -0.137. The summed E-state index contributed by atoms with van der Waals surface area (Å²) in [7, 11) is 0. The lowest BCUT2D eigenvalue weighted by Gasteiger charge is -2.10. The summed E-state index contributed by atoms with van der Waals surface area (Å²) in [5.41, 5.74) is 2.18. The van der Waals surface area contributed by atoms with Crippen molar-refractivity contribution in [1.82, 2.24) is 4.57 Å². The summed E-state index contributed by atoms with van der Waals surface area (Å²) in [5, 5.41) is 39.9. The highest BCUT2D eigenvalue weighted by Crippen LogP contribution is 2.45. The number of azo groups is 1. The third-order valence-corrected chi connectivity index (χ3v) is 6.40. The number of phenolic OH excluding ortho intramolecular Hbond substituents is 1. The monoisotopic (exact) mass is 545 g/mol. The summed E-state index contributed by atoms with van der Waals surface area (Å²) < 4.78 is 41.7. The van der Waals surface area contributed by atoms with Crippen molar-refractivity contribution in [2.75, 3.05) is 0 Å². The molecule has 0 atom stereocenters. The van der Waals surface area contributed by atoms with E-state index in [4.69, 9.17) is 0 Å². The van der Waals surface area contributed by atoms with Crippen LogP contribution in [0, 0.1) is 13.8 Å². The first kappa shape index (κ1) is 26.5. The van der Waals surface area contributed by atoms with Gasteiger partial charge in [0.05, 0.1) is 16.6 Å². The molecule has 202 valence electrons. The average Bonchev–Trinajstić information content (AvgIpc) is 3.17. The quantitative estimate of drug-likeness (QED) is 0.193. The Bertz CT molecular complexity index is 1800. The van der Waals surface area contributed by atoms with Crippen LogP contribution >= 0.6 is 0 Å². The number of carbonyl (C=O) groups is 1. The second-order valence-corrected chi connectivity index (χ2v) is 9.34. The predicted molar refractivity (Wildman–Crippen MR) is 144 cm³/mol. The van der Waals surface area contributed by atoms with Gasteiger partial charge in [-0.2, -0.15) is 13.2 Å². The van der Waals surface area contributed by atoms with Crippen molar-refractivity contribution in [2.45, 2.75) is 20.0 Å². The number of halogens is 3. The van der Waals surface area contributed by atoms with Gasteiger partial charge in [0, 0.05) is 16.6 Å².